The van der Waals surface area contributed by atoms with Gasteiger partial charge in [0.25, 0.3) is 0 Å². The van der Waals surface area contributed by atoms with Gasteiger partial charge >= 0.3 is 53.6 Å². The first-order valence-corrected chi connectivity index (χ1v) is 16.6. The quantitative estimate of drug-likeness (QED) is 0.155. The molecule has 0 radical (unpaired) electrons. The van der Waals surface area contributed by atoms with E-state index >= 15 is 0 Å². The largest absolute Gasteiger partial charge is 0.460 e. The maximum absolute atomic E-state index is 14.7. The molecule has 0 amide bonds. The molecule has 0 N–H and O–H groups in total. The van der Waals surface area contributed by atoms with Gasteiger partial charge in [-0.05, 0) is 67.8 Å². The van der Waals surface area contributed by atoms with Gasteiger partial charge in [-0.25, -0.2) is 0 Å². The second-order valence-electron chi connectivity index (χ2n) is 14.0. The van der Waals surface area contributed by atoms with E-state index in [1.54, 1.807) is 0 Å². The topological polar surface area (TPSA) is 0 Å². The molecule has 0 aliphatic heterocycles. The Morgan fingerprint density at radius 3 is 1.15 bits per heavy atom. The molecule has 0 aromatic heterocycles. The van der Waals surface area contributed by atoms with Gasteiger partial charge in [-0.1, -0.05) is 76.1 Å². The minimum atomic E-state index is -8.92. The van der Waals surface area contributed by atoms with Crippen LogP contribution in [0.5, 0.6) is 0 Å². The molecule has 2 saturated carbocycles. The molecule has 0 nitrogen and oxygen atoms in total. The van der Waals surface area contributed by atoms with Crippen molar-refractivity contribution < 1.29 is 83.4 Å². The lowest BCUT2D eigenvalue weighted by Crippen LogP contribution is -2.75. The van der Waals surface area contributed by atoms with Crippen LogP contribution in [0.3, 0.4) is 0 Å². The molecule has 0 heterocycles. The number of hydrogen-bond donors (Lipinski definition) is 0. The van der Waals surface area contributed by atoms with Crippen LogP contribution in [0.1, 0.15) is 95.1 Å². The summed E-state index contributed by atoms with van der Waals surface area (Å²) in [6.45, 7) is 2.15. The van der Waals surface area contributed by atoms with E-state index in [1.807, 2.05) is 0 Å². The van der Waals surface area contributed by atoms with E-state index in [-0.39, 0.29) is 30.0 Å². The normalized spacial score (nSPS) is 23.9. The van der Waals surface area contributed by atoms with Gasteiger partial charge in [0.05, 0.1) is 0 Å². The number of halogens is 19. The van der Waals surface area contributed by atoms with Crippen LogP contribution in [0.2, 0.25) is 0 Å². The minimum absolute atomic E-state index is 0.00992. The van der Waals surface area contributed by atoms with Crippen molar-refractivity contribution in [2.45, 2.75) is 144 Å². The van der Waals surface area contributed by atoms with Gasteiger partial charge in [0, 0.05) is 5.56 Å². The van der Waals surface area contributed by atoms with E-state index in [4.69, 9.17) is 0 Å². The highest BCUT2D eigenvalue weighted by Crippen LogP contribution is 2.66. The maximum atomic E-state index is 14.7. The van der Waals surface area contributed by atoms with Crippen molar-refractivity contribution in [1.82, 2.24) is 0 Å². The number of benzene rings is 1. The second-order valence-corrected chi connectivity index (χ2v) is 14.0. The summed E-state index contributed by atoms with van der Waals surface area (Å²) in [5.41, 5.74) is -2.10. The first kappa shape index (κ1) is 44.3. The molecule has 2 aliphatic carbocycles. The van der Waals surface area contributed by atoms with Gasteiger partial charge in [0.2, 0.25) is 0 Å². The fourth-order valence-electron chi connectivity index (χ4n) is 7.18. The van der Waals surface area contributed by atoms with Crippen molar-refractivity contribution in [2.24, 2.45) is 23.7 Å². The van der Waals surface area contributed by atoms with Crippen LogP contribution in [0.4, 0.5) is 83.4 Å². The Morgan fingerprint density at radius 2 is 0.788 bits per heavy atom. The van der Waals surface area contributed by atoms with Crippen LogP contribution in [-0.4, -0.2) is 47.6 Å². The Hall–Kier alpha value is -2.11. The van der Waals surface area contributed by atoms with E-state index in [2.05, 4.69) is 6.92 Å². The molecule has 2 aliphatic rings. The number of alkyl halides is 19. The second kappa shape index (κ2) is 14.9. The zero-order valence-corrected chi connectivity index (χ0v) is 27.5. The van der Waals surface area contributed by atoms with Crippen LogP contribution in [0.25, 0.3) is 0 Å². The lowest BCUT2D eigenvalue weighted by Gasteiger charge is -2.43. The average molecular weight is 795 g/mol. The lowest BCUT2D eigenvalue weighted by molar-refractivity contribution is -0.469. The van der Waals surface area contributed by atoms with Gasteiger partial charge in [-0.3, -0.25) is 0 Å². The van der Waals surface area contributed by atoms with Crippen LogP contribution < -0.4 is 0 Å². The lowest BCUT2D eigenvalue weighted by atomic mass is 9.68. The van der Waals surface area contributed by atoms with Gasteiger partial charge in [-0.2, -0.15) is 83.4 Å². The van der Waals surface area contributed by atoms with Crippen molar-refractivity contribution in [3.8, 4) is 0 Å². The summed E-state index contributed by atoms with van der Waals surface area (Å²) in [7, 11) is 0. The van der Waals surface area contributed by atoms with Gasteiger partial charge < -0.3 is 0 Å². The molecular weight excluding hydrogens is 757 g/mol. The van der Waals surface area contributed by atoms with Crippen molar-refractivity contribution in [3.05, 3.63) is 35.4 Å². The molecule has 0 atom stereocenters. The fraction of sp³-hybridized carbons (Fsp3) is 0.818. The molecule has 0 unspecified atom stereocenters. The number of rotatable bonds is 15. The van der Waals surface area contributed by atoms with Gasteiger partial charge in [-0.15, -0.1) is 0 Å². The summed E-state index contributed by atoms with van der Waals surface area (Å²) in [6.07, 6.45) is 4.63. The number of hydrogen-bond acceptors (Lipinski definition) is 0. The van der Waals surface area contributed by atoms with E-state index in [0.717, 1.165) is 50.9 Å². The zero-order chi connectivity index (χ0) is 40.0. The Labute approximate surface area is 286 Å². The molecule has 1 aromatic rings. The first-order chi connectivity index (χ1) is 23.5. The Bertz CT molecular complexity index is 1300. The third kappa shape index (κ3) is 7.45. The number of unbranched alkanes of at least 4 members (excludes halogenated alkanes) is 1. The Kier molecular flexibility index (Phi) is 12.6. The highest BCUT2D eigenvalue weighted by Gasteiger charge is 2.96. The molecule has 0 saturated heterocycles. The summed E-state index contributed by atoms with van der Waals surface area (Å²) >= 11 is 0. The maximum Gasteiger partial charge on any atom is 0.460 e. The highest BCUT2D eigenvalue weighted by atomic mass is 19.4. The van der Waals surface area contributed by atoms with Crippen LogP contribution in [0, 0.1) is 23.7 Å². The van der Waals surface area contributed by atoms with Gasteiger partial charge in [0.1, 0.15) is 0 Å². The smallest absolute Gasteiger partial charge is 0.194 e. The van der Waals surface area contributed by atoms with E-state index in [0.29, 0.717) is 30.4 Å². The summed E-state index contributed by atoms with van der Waals surface area (Å²) in [5.74, 6) is -64.5. The molecule has 302 valence electrons. The minimum Gasteiger partial charge on any atom is -0.194 e. The average Bonchev–Trinajstić information content (AvgIpc) is 3.06. The molecule has 3 rings (SSSR count). The molecule has 0 spiro atoms. The Morgan fingerprint density at radius 1 is 0.442 bits per heavy atom. The molecule has 19 heteroatoms. The van der Waals surface area contributed by atoms with Gasteiger partial charge in [0.15, 0.2) is 0 Å². The van der Waals surface area contributed by atoms with E-state index in [1.165, 1.54) is 25.7 Å². The highest BCUT2D eigenvalue weighted by molar-refractivity contribution is 5.30. The summed E-state index contributed by atoms with van der Waals surface area (Å²) in [5, 5.41) is 0. The first-order valence-electron chi connectivity index (χ1n) is 16.6. The van der Waals surface area contributed by atoms with Crippen molar-refractivity contribution in [3.63, 3.8) is 0 Å². The zero-order valence-electron chi connectivity index (χ0n) is 27.5. The summed E-state index contributed by atoms with van der Waals surface area (Å²) in [4.78, 5) is 0. The molecular formula is C33H37F19. The third-order valence-electron chi connectivity index (χ3n) is 10.7. The molecule has 1 aromatic carbocycles. The number of aryl methyl sites for hydroxylation is 1. The summed E-state index contributed by atoms with van der Waals surface area (Å²) in [6, 6.07) is 1.38. The van der Waals surface area contributed by atoms with Crippen LogP contribution in [-0.2, 0) is 12.3 Å². The Balaban J connectivity index is 1.70. The van der Waals surface area contributed by atoms with Crippen molar-refractivity contribution in [1.29, 1.82) is 0 Å². The predicted octanol–water partition coefficient (Wildman–Crippen LogP) is 13.5. The monoisotopic (exact) mass is 794 g/mol. The fourth-order valence-corrected chi connectivity index (χ4v) is 7.18. The van der Waals surface area contributed by atoms with E-state index < -0.39 is 59.1 Å². The summed E-state index contributed by atoms with van der Waals surface area (Å²) < 4.78 is 260. The SMILES string of the molecule is CCCCC1CCC(C2CCC(CCc3ccc(C(F)(F)C(F)(F)C(F)(F)C(F)(F)C(F)(F)C(F)(F)C(F)(F)C(F)(F)C(F)(F)F)cc3)CC2)CC1. The third-order valence-corrected chi connectivity index (χ3v) is 10.7. The predicted molar refractivity (Wildman–Crippen MR) is 150 cm³/mol. The molecule has 52 heavy (non-hydrogen) atoms. The van der Waals surface area contributed by atoms with E-state index in [9.17, 15) is 83.4 Å². The van der Waals surface area contributed by atoms with Crippen molar-refractivity contribution >= 4 is 0 Å². The van der Waals surface area contributed by atoms with Crippen LogP contribution >= 0.6 is 0 Å². The van der Waals surface area contributed by atoms with Crippen LogP contribution in [0.15, 0.2) is 24.3 Å². The standard InChI is InChI=1S/C33H37F19/c1-2-3-4-19-7-13-22(14-8-19)23-15-9-20(10-16-23)5-6-21-11-17-24(18-12-21)25(34,35)26(36,37)27(38,39)28(40,41)29(42,43)30(44,45)31(46,47)32(48,49)33(50,51)52/h11-12,17-20,22-23H,2-10,13-16H2,1H3. The molecule has 2 fully saturated rings. The van der Waals surface area contributed by atoms with Crippen molar-refractivity contribution in [2.75, 3.05) is 0 Å². The molecule has 0 bridgehead atoms.